The lowest BCUT2D eigenvalue weighted by Crippen LogP contribution is -2.30. The number of Topliss-reactive ketones (excluding diaryl/α,β-unsaturated/α-hetero) is 1. The molecule has 0 bridgehead atoms. The number of fused-ring (bicyclic) bond motifs is 1. The van der Waals surface area contributed by atoms with Crippen LogP contribution in [0, 0.1) is 5.92 Å². The molecule has 0 spiro atoms. The number of hydrogen-bond acceptors (Lipinski definition) is 4. The molecule has 0 aliphatic heterocycles. The minimum absolute atomic E-state index is 0.170. The van der Waals surface area contributed by atoms with E-state index in [0.29, 0.717) is 18.4 Å². The minimum atomic E-state index is -0.647. The van der Waals surface area contributed by atoms with Crippen molar-refractivity contribution >= 4 is 11.8 Å². The quantitative estimate of drug-likeness (QED) is 0.507. The van der Waals surface area contributed by atoms with E-state index in [1.807, 2.05) is 0 Å². The lowest BCUT2D eigenvalue weighted by molar-refractivity contribution is -0.143. The summed E-state index contributed by atoms with van der Waals surface area (Å²) in [7, 11) is 1.30. The maximum atomic E-state index is 11.9. The van der Waals surface area contributed by atoms with Crippen LogP contribution in [0.5, 0.6) is 0 Å². The van der Waals surface area contributed by atoms with E-state index in [1.54, 1.807) is 18.3 Å². The lowest BCUT2D eigenvalue weighted by Gasteiger charge is -2.20. The Hall–Kier alpha value is -1.71. The van der Waals surface area contributed by atoms with Crippen molar-refractivity contribution in [3.63, 3.8) is 0 Å². The molecule has 0 radical (unpaired) electrons. The largest absolute Gasteiger partial charge is 0.468 e. The van der Waals surface area contributed by atoms with Crippen molar-refractivity contribution in [2.24, 2.45) is 5.92 Å². The first-order valence-corrected chi connectivity index (χ1v) is 4.80. The molecule has 4 heteroatoms. The Kier molecular flexibility index (Phi) is 2.49. The summed E-state index contributed by atoms with van der Waals surface area (Å²) in [5, 5.41) is 0. The van der Waals surface area contributed by atoms with Crippen molar-refractivity contribution in [1.82, 2.24) is 4.98 Å². The number of nitrogens with zero attached hydrogens (tertiary/aromatic N) is 1. The number of esters is 1. The highest BCUT2D eigenvalue weighted by Crippen LogP contribution is 2.24. The molecule has 1 heterocycles. The van der Waals surface area contributed by atoms with Gasteiger partial charge in [0.2, 0.25) is 0 Å². The topological polar surface area (TPSA) is 56.3 Å². The van der Waals surface area contributed by atoms with Gasteiger partial charge in [-0.1, -0.05) is 0 Å². The standard InChI is InChI=1S/C11H11NO3/c1-15-11(14)8-4-5-9-7(10(8)13)3-2-6-12-9/h2-3,6,8H,4-5H2,1H3. The summed E-state index contributed by atoms with van der Waals surface area (Å²) in [6.07, 6.45) is 2.81. The van der Waals surface area contributed by atoms with Crippen molar-refractivity contribution < 1.29 is 14.3 Å². The summed E-state index contributed by atoms with van der Waals surface area (Å²) in [6.45, 7) is 0. The van der Waals surface area contributed by atoms with Gasteiger partial charge < -0.3 is 4.74 Å². The van der Waals surface area contributed by atoms with Gasteiger partial charge in [0.1, 0.15) is 5.92 Å². The highest BCUT2D eigenvalue weighted by atomic mass is 16.5. The smallest absolute Gasteiger partial charge is 0.316 e. The van der Waals surface area contributed by atoms with Crippen LogP contribution in [0.2, 0.25) is 0 Å². The number of ether oxygens (including phenoxy) is 1. The molecule has 1 atom stereocenters. The average molecular weight is 205 g/mol. The van der Waals surface area contributed by atoms with Gasteiger partial charge in [-0.2, -0.15) is 0 Å². The zero-order valence-corrected chi connectivity index (χ0v) is 8.40. The first-order valence-electron chi connectivity index (χ1n) is 4.80. The van der Waals surface area contributed by atoms with Crippen molar-refractivity contribution in [1.29, 1.82) is 0 Å². The van der Waals surface area contributed by atoms with Crippen LogP contribution < -0.4 is 0 Å². The van der Waals surface area contributed by atoms with Crippen LogP contribution in [0.3, 0.4) is 0 Å². The fraction of sp³-hybridized carbons (Fsp3) is 0.364. The fourth-order valence-electron chi connectivity index (χ4n) is 1.83. The molecule has 0 saturated carbocycles. The third-order valence-corrected chi connectivity index (χ3v) is 2.63. The zero-order chi connectivity index (χ0) is 10.8. The summed E-state index contributed by atoms with van der Waals surface area (Å²) in [5.41, 5.74) is 1.34. The van der Waals surface area contributed by atoms with Gasteiger partial charge in [-0.25, -0.2) is 0 Å². The Labute approximate surface area is 87.3 Å². The first kappa shape index (κ1) is 9.83. The van der Waals surface area contributed by atoms with E-state index in [4.69, 9.17) is 0 Å². The van der Waals surface area contributed by atoms with Crippen LogP contribution >= 0.6 is 0 Å². The Morgan fingerprint density at radius 3 is 3.13 bits per heavy atom. The number of aryl methyl sites for hydroxylation is 1. The number of hydrogen-bond donors (Lipinski definition) is 0. The van der Waals surface area contributed by atoms with Crippen molar-refractivity contribution in [2.45, 2.75) is 12.8 Å². The number of methoxy groups -OCH3 is 1. The summed E-state index contributed by atoms with van der Waals surface area (Å²) >= 11 is 0. The predicted molar refractivity (Wildman–Crippen MR) is 52.4 cm³/mol. The highest BCUT2D eigenvalue weighted by molar-refractivity contribution is 6.09. The van der Waals surface area contributed by atoms with Crippen LogP contribution in [-0.2, 0) is 16.0 Å². The Bertz CT molecular complexity index is 414. The number of carbonyl (C=O) groups is 2. The molecule has 0 saturated heterocycles. The molecule has 0 N–H and O–H groups in total. The third kappa shape index (κ3) is 1.63. The molecule has 15 heavy (non-hydrogen) atoms. The summed E-state index contributed by atoms with van der Waals surface area (Å²) < 4.78 is 4.59. The number of aromatic nitrogens is 1. The second kappa shape index (κ2) is 3.81. The molecule has 1 aliphatic carbocycles. The molecule has 4 nitrogen and oxygen atoms in total. The molecule has 2 rings (SSSR count). The first-order chi connectivity index (χ1) is 7.24. The van der Waals surface area contributed by atoms with E-state index in [2.05, 4.69) is 9.72 Å². The molecule has 1 aromatic rings. The second-order valence-corrected chi connectivity index (χ2v) is 3.48. The Morgan fingerprint density at radius 1 is 1.60 bits per heavy atom. The van der Waals surface area contributed by atoms with Gasteiger partial charge in [0.05, 0.1) is 12.8 Å². The van der Waals surface area contributed by atoms with Gasteiger partial charge in [-0.15, -0.1) is 0 Å². The van der Waals surface area contributed by atoms with Crippen LogP contribution in [0.1, 0.15) is 22.5 Å². The molecule has 78 valence electrons. The number of pyridine rings is 1. The molecule has 0 aromatic carbocycles. The van der Waals surface area contributed by atoms with Crippen LogP contribution in [-0.4, -0.2) is 23.8 Å². The maximum absolute atomic E-state index is 11.9. The van der Waals surface area contributed by atoms with E-state index in [-0.39, 0.29) is 5.78 Å². The van der Waals surface area contributed by atoms with E-state index < -0.39 is 11.9 Å². The SMILES string of the molecule is COC(=O)C1CCc2ncccc2C1=O. The predicted octanol–water partition coefficient (Wildman–Crippen LogP) is 1.000. The molecule has 1 aromatic heterocycles. The second-order valence-electron chi connectivity index (χ2n) is 3.48. The normalized spacial score (nSPS) is 19.5. The molecule has 0 amide bonds. The van der Waals surface area contributed by atoms with Gasteiger partial charge in [0.25, 0.3) is 0 Å². The Morgan fingerprint density at radius 2 is 2.40 bits per heavy atom. The summed E-state index contributed by atoms with van der Waals surface area (Å²) in [5.74, 6) is -1.27. The minimum Gasteiger partial charge on any atom is -0.468 e. The zero-order valence-electron chi connectivity index (χ0n) is 8.40. The van der Waals surface area contributed by atoms with Crippen LogP contribution in [0.15, 0.2) is 18.3 Å². The van der Waals surface area contributed by atoms with Crippen LogP contribution in [0.4, 0.5) is 0 Å². The molecule has 1 aliphatic rings. The number of carbonyl (C=O) groups excluding carboxylic acids is 2. The van der Waals surface area contributed by atoms with Crippen LogP contribution in [0.25, 0.3) is 0 Å². The highest BCUT2D eigenvalue weighted by Gasteiger charge is 2.33. The molecular formula is C11H11NO3. The van der Waals surface area contributed by atoms with Gasteiger partial charge in [-0.3, -0.25) is 14.6 Å². The van der Waals surface area contributed by atoms with Gasteiger partial charge in [-0.05, 0) is 25.0 Å². The summed E-state index contributed by atoms with van der Waals surface area (Å²) in [4.78, 5) is 27.3. The van der Waals surface area contributed by atoms with Crippen molar-refractivity contribution in [3.8, 4) is 0 Å². The maximum Gasteiger partial charge on any atom is 0.316 e. The van der Waals surface area contributed by atoms with Gasteiger partial charge in [0, 0.05) is 11.8 Å². The lowest BCUT2D eigenvalue weighted by atomic mass is 9.85. The van der Waals surface area contributed by atoms with Gasteiger partial charge >= 0.3 is 5.97 Å². The van der Waals surface area contributed by atoms with Crippen molar-refractivity contribution in [2.75, 3.05) is 7.11 Å². The van der Waals surface area contributed by atoms with E-state index in [1.165, 1.54) is 7.11 Å². The third-order valence-electron chi connectivity index (χ3n) is 2.63. The Balaban J connectivity index is 2.34. The average Bonchev–Trinajstić information content (AvgIpc) is 2.29. The van der Waals surface area contributed by atoms with E-state index in [9.17, 15) is 9.59 Å². The monoisotopic (exact) mass is 205 g/mol. The fourth-order valence-corrected chi connectivity index (χ4v) is 1.83. The van der Waals surface area contributed by atoms with Gasteiger partial charge in [0.15, 0.2) is 5.78 Å². The summed E-state index contributed by atoms with van der Waals surface area (Å²) in [6, 6.07) is 3.41. The number of ketones is 1. The van der Waals surface area contributed by atoms with E-state index >= 15 is 0 Å². The van der Waals surface area contributed by atoms with Crippen molar-refractivity contribution in [3.05, 3.63) is 29.6 Å². The molecule has 0 fully saturated rings. The molecule has 1 unspecified atom stereocenters. The van der Waals surface area contributed by atoms with E-state index in [0.717, 1.165) is 5.69 Å². The molecular weight excluding hydrogens is 194 g/mol. The number of rotatable bonds is 1.